The Morgan fingerprint density at radius 1 is 1.29 bits per heavy atom. The fourth-order valence-corrected chi connectivity index (χ4v) is 3.90. The summed E-state index contributed by atoms with van der Waals surface area (Å²) in [4.78, 5) is 12.1. The van der Waals surface area contributed by atoms with Crippen LogP contribution in [0, 0.1) is 11.8 Å². The predicted molar refractivity (Wildman–Crippen MR) is 83.4 cm³/mol. The van der Waals surface area contributed by atoms with Crippen LogP contribution in [-0.4, -0.2) is 18.6 Å². The normalized spacial score (nSPS) is 27.1. The fourth-order valence-electron chi connectivity index (χ4n) is 3.90. The van der Waals surface area contributed by atoms with Gasteiger partial charge in [-0.25, -0.2) is 0 Å². The van der Waals surface area contributed by atoms with E-state index in [4.69, 9.17) is 4.74 Å². The fraction of sp³-hybridized carbons (Fsp3) is 0.611. The lowest BCUT2D eigenvalue weighted by molar-refractivity contribution is -0.124. The molecular weight excluding hydrogens is 262 g/mol. The number of para-hydroxylation sites is 1. The van der Waals surface area contributed by atoms with Crippen molar-refractivity contribution in [3.8, 4) is 5.75 Å². The van der Waals surface area contributed by atoms with Gasteiger partial charge >= 0.3 is 0 Å². The van der Waals surface area contributed by atoms with E-state index in [2.05, 4.69) is 25.2 Å². The van der Waals surface area contributed by atoms with Gasteiger partial charge in [-0.2, -0.15) is 0 Å². The molecule has 3 rings (SSSR count). The molecular formula is C18H25NO2. The number of carbonyl (C=O) groups is 1. The highest BCUT2D eigenvalue weighted by atomic mass is 16.5. The van der Waals surface area contributed by atoms with E-state index in [9.17, 15) is 4.79 Å². The second-order valence-corrected chi connectivity index (χ2v) is 6.83. The van der Waals surface area contributed by atoms with Crippen molar-refractivity contribution in [3.63, 3.8) is 0 Å². The number of nitrogens with one attached hydrogen (secondary N) is 1. The Labute approximate surface area is 127 Å². The maximum Gasteiger partial charge on any atom is 0.258 e. The molecule has 3 atom stereocenters. The van der Waals surface area contributed by atoms with Gasteiger partial charge < -0.3 is 10.1 Å². The highest BCUT2D eigenvalue weighted by molar-refractivity contribution is 5.78. The molecule has 2 saturated carbocycles. The first-order chi connectivity index (χ1) is 10.1. The Hall–Kier alpha value is -1.51. The van der Waals surface area contributed by atoms with E-state index in [1.807, 2.05) is 18.2 Å². The summed E-state index contributed by atoms with van der Waals surface area (Å²) in [6.07, 6.45) is 5.11. The summed E-state index contributed by atoms with van der Waals surface area (Å²) < 4.78 is 5.74. The third-order valence-electron chi connectivity index (χ3n) is 4.98. The molecule has 1 aromatic carbocycles. The van der Waals surface area contributed by atoms with Crippen LogP contribution in [0.25, 0.3) is 0 Å². The van der Waals surface area contributed by atoms with Gasteiger partial charge in [-0.3, -0.25) is 4.79 Å². The minimum absolute atomic E-state index is 0.0195. The predicted octanol–water partition coefficient (Wildman–Crippen LogP) is 3.49. The van der Waals surface area contributed by atoms with Gasteiger partial charge in [0.15, 0.2) is 6.61 Å². The van der Waals surface area contributed by atoms with Crippen molar-refractivity contribution in [2.24, 2.45) is 11.8 Å². The molecule has 0 heterocycles. The van der Waals surface area contributed by atoms with Gasteiger partial charge in [-0.15, -0.1) is 0 Å². The zero-order valence-corrected chi connectivity index (χ0v) is 13.0. The Balaban J connectivity index is 1.52. The minimum atomic E-state index is 0.0195. The number of hydrogen-bond acceptors (Lipinski definition) is 2. The first-order valence-corrected chi connectivity index (χ1v) is 8.14. The number of rotatable bonds is 5. The SMILES string of the molecule is CC(C)c1ccccc1OCC(=O)N[C@H]1C[C@H]2CC[C@@H]1C2. The van der Waals surface area contributed by atoms with E-state index in [-0.39, 0.29) is 12.5 Å². The van der Waals surface area contributed by atoms with Gasteiger partial charge in [0.2, 0.25) is 0 Å². The van der Waals surface area contributed by atoms with Crippen molar-refractivity contribution in [3.05, 3.63) is 29.8 Å². The molecule has 0 unspecified atom stereocenters. The summed E-state index contributed by atoms with van der Waals surface area (Å²) >= 11 is 0. The monoisotopic (exact) mass is 287 g/mol. The first kappa shape index (κ1) is 14.4. The first-order valence-electron chi connectivity index (χ1n) is 8.14. The van der Waals surface area contributed by atoms with Crippen LogP contribution < -0.4 is 10.1 Å². The maximum atomic E-state index is 12.1. The van der Waals surface area contributed by atoms with Gasteiger partial charge in [-0.05, 0) is 48.6 Å². The summed E-state index contributed by atoms with van der Waals surface area (Å²) in [5, 5.41) is 3.17. The lowest BCUT2D eigenvalue weighted by Gasteiger charge is -2.23. The number of fused-ring (bicyclic) bond motifs is 2. The van der Waals surface area contributed by atoms with Crippen molar-refractivity contribution in [1.29, 1.82) is 0 Å². The Kier molecular flexibility index (Phi) is 4.18. The van der Waals surface area contributed by atoms with Crippen molar-refractivity contribution < 1.29 is 9.53 Å². The molecule has 3 nitrogen and oxygen atoms in total. The van der Waals surface area contributed by atoms with Crippen molar-refractivity contribution in [1.82, 2.24) is 5.32 Å². The summed E-state index contributed by atoms with van der Waals surface area (Å²) in [6, 6.07) is 8.36. The van der Waals surface area contributed by atoms with Crippen LogP contribution in [0.1, 0.15) is 51.0 Å². The molecule has 0 spiro atoms. The molecule has 2 aliphatic rings. The van der Waals surface area contributed by atoms with Crippen LogP contribution in [0.4, 0.5) is 0 Å². The summed E-state index contributed by atoms with van der Waals surface area (Å²) in [6.45, 7) is 4.40. The average molecular weight is 287 g/mol. The van der Waals surface area contributed by atoms with Crippen LogP contribution in [0.5, 0.6) is 5.75 Å². The summed E-state index contributed by atoms with van der Waals surface area (Å²) in [5.74, 6) is 2.81. The van der Waals surface area contributed by atoms with E-state index >= 15 is 0 Å². The molecule has 114 valence electrons. The average Bonchev–Trinajstić information content (AvgIpc) is 3.08. The Morgan fingerprint density at radius 3 is 2.76 bits per heavy atom. The molecule has 1 aromatic rings. The molecule has 1 N–H and O–H groups in total. The molecule has 2 bridgehead atoms. The van der Waals surface area contributed by atoms with Gasteiger partial charge in [0.05, 0.1) is 0 Å². The van der Waals surface area contributed by atoms with E-state index in [1.54, 1.807) is 0 Å². The number of benzene rings is 1. The van der Waals surface area contributed by atoms with Gasteiger partial charge in [0.25, 0.3) is 5.91 Å². The Bertz CT molecular complexity index is 512. The van der Waals surface area contributed by atoms with E-state index in [1.165, 1.54) is 25.7 Å². The molecule has 2 fully saturated rings. The highest BCUT2D eigenvalue weighted by Gasteiger charge is 2.40. The quantitative estimate of drug-likeness (QED) is 0.900. The lowest BCUT2D eigenvalue weighted by Crippen LogP contribution is -2.40. The zero-order valence-electron chi connectivity index (χ0n) is 13.0. The Morgan fingerprint density at radius 2 is 2.10 bits per heavy atom. The smallest absolute Gasteiger partial charge is 0.258 e. The van der Waals surface area contributed by atoms with Crippen molar-refractivity contribution >= 4 is 5.91 Å². The van der Waals surface area contributed by atoms with Crippen LogP contribution in [0.2, 0.25) is 0 Å². The van der Waals surface area contributed by atoms with E-state index in [0.717, 1.165) is 17.2 Å². The van der Waals surface area contributed by atoms with E-state index < -0.39 is 0 Å². The number of amides is 1. The minimum Gasteiger partial charge on any atom is -0.483 e. The number of hydrogen-bond donors (Lipinski definition) is 1. The van der Waals surface area contributed by atoms with Crippen LogP contribution in [0.3, 0.4) is 0 Å². The van der Waals surface area contributed by atoms with Crippen LogP contribution in [-0.2, 0) is 4.79 Å². The second-order valence-electron chi connectivity index (χ2n) is 6.83. The van der Waals surface area contributed by atoms with Gasteiger partial charge in [0.1, 0.15) is 5.75 Å². The van der Waals surface area contributed by atoms with Gasteiger partial charge in [-0.1, -0.05) is 38.5 Å². The van der Waals surface area contributed by atoms with Crippen molar-refractivity contribution in [2.45, 2.75) is 51.5 Å². The molecule has 0 aliphatic heterocycles. The zero-order chi connectivity index (χ0) is 14.8. The van der Waals surface area contributed by atoms with Crippen molar-refractivity contribution in [2.75, 3.05) is 6.61 Å². The molecule has 0 saturated heterocycles. The van der Waals surface area contributed by atoms with Crippen LogP contribution >= 0.6 is 0 Å². The number of carbonyl (C=O) groups excluding carboxylic acids is 1. The molecule has 21 heavy (non-hydrogen) atoms. The standard InChI is InChI=1S/C18H25NO2/c1-12(2)15-5-3-4-6-17(15)21-11-18(20)19-16-10-13-7-8-14(16)9-13/h3-6,12-14,16H,7-11H2,1-2H3,(H,19,20)/t13-,14+,16-/m0/s1. The summed E-state index contributed by atoms with van der Waals surface area (Å²) in [5.41, 5.74) is 1.16. The van der Waals surface area contributed by atoms with Gasteiger partial charge in [0, 0.05) is 6.04 Å². The highest BCUT2D eigenvalue weighted by Crippen LogP contribution is 2.44. The number of ether oxygens (including phenoxy) is 1. The molecule has 1 amide bonds. The largest absolute Gasteiger partial charge is 0.483 e. The molecule has 0 aromatic heterocycles. The third kappa shape index (κ3) is 3.22. The second kappa shape index (κ2) is 6.08. The third-order valence-corrected chi connectivity index (χ3v) is 4.98. The topological polar surface area (TPSA) is 38.3 Å². The van der Waals surface area contributed by atoms with E-state index in [0.29, 0.717) is 17.9 Å². The van der Waals surface area contributed by atoms with Crippen LogP contribution in [0.15, 0.2) is 24.3 Å². The summed E-state index contributed by atoms with van der Waals surface area (Å²) in [7, 11) is 0. The molecule has 0 radical (unpaired) electrons. The molecule has 3 heteroatoms. The lowest BCUT2D eigenvalue weighted by atomic mass is 9.95. The maximum absolute atomic E-state index is 12.1. The molecule has 2 aliphatic carbocycles.